The van der Waals surface area contributed by atoms with E-state index >= 15 is 0 Å². The van der Waals surface area contributed by atoms with Gasteiger partial charge in [0.1, 0.15) is 6.04 Å². The lowest BCUT2D eigenvalue weighted by atomic mass is 10.1. The zero-order valence-corrected chi connectivity index (χ0v) is 14.7. The molecule has 0 saturated carbocycles. The molecule has 2 aromatic heterocycles. The quantitative estimate of drug-likeness (QED) is 0.834. The molecule has 0 unspecified atom stereocenters. The van der Waals surface area contributed by atoms with Crippen LogP contribution in [0.25, 0.3) is 0 Å². The molecule has 7 heteroatoms. The number of nitrogens with zero attached hydrogens (tertiary/aromatic N) is 4. The van der Waals surface area contributed by atoms with Crippen molar-refractivity contribution in [3.05, 3.63) is 29.2 Å². The van der Waals surface area contributed by atoms with E-state index in [-0.39, 0.29) is 23.6 Å². The van der Waals surface area contributed by atoms with Gasteiger partial charge in [-0.15, -0.1) is 0 Å². The van der Waals surface area contributed by atoms with Crippen LogP contribution in [0.5, 0.6) is 0 Å². The third-order valence-electron chi connectivity index (χ3n) is 4.16. The highest BCUT2D eigenvalue weighted by molar-refractivity contribution is 5.91. The Morgan fingerprint density at radius 2 is 2.08 bits per heavy atom. The summed E-state index contributed by atoms with van der Waals surface area (Å²) in [7, 11) is 0. The van der Waals surface area contributed by atoms with Crippen LogP contribution in [0.2, 0.25) is 0 Å². The van der Waals surface area contributed by atoms with Crippen LogP contribution >= 0.6 is 0 Å². The van der Waals surface area contributed by atoms with Gasteiger partial charge in [0, 0.05) is 18.5 Å². The fraction of sp³-hybridized carbons (Fsp3) is 0.647. The van der Waals surface area contributed by atoms with E-state index in [1.807, 2.05) is 13.8 Å². The molecular weight excluding hydrogens is 308 g/mol. The summed E-state index contributed by atoms with van der Waals surface area (Å²) < 4.78 is 10.6. The molecule has 1 amide bonds. The number of likely N-dealkylation sites (tertiary alicyclic amines) is 1. The van der Waals surface area contributed by atoms with Gasteiger partial charge in [-0.3, -0.25) is 4.79 Å². The van der Waals surface area contributed by atoms with Crippen LogP contribution in [0.3, 0.4) is 0 Å². The van der Waals surface area contributed by atoms with E-state index in [1.54, 1.807) is 11.0 Å². The number of amides is 1. The van der Waals surface area contributed by atoms with Gasteiger partial charge in [-0.25, -0.2) is 0 Å². The van der Waals surface area contributed by atoms with Crippen molar-refractivity contribution in [1.82, 2.24) is 20.2 Å². The van der Waals surface area contributed by atoms with Crippen molar-refractivity contribution in [2.45, 2.75) is 58.9 Å². The molecule has 3 rings (SSSR count). The van der Waals surface area contributed by atoms with Crippen LogP contribution in [0, 0.1) is 5.92 Å². The van der Waals surface area contributed by atoms with Crippen molar-refractivity contribution in [2.75, 3.05) is 6.54 Å². The summed E-state index contributed by atoms with van der Waals surface area (Å²) in [6.45, 7) is 8.89. The fourth-order valence-corrected chi connectivity index (χ4v) is 2.95. The summed E-state index contributed by atoms with van der Waals surface area (Å²) >= 11 is 0. The molecule has 7 nitrogen and oxygen atoms in total. The fourth-order valence-electron chi connectivity index (χ4n) is 2.95. The first-order valence-electron chi connectivity index (χ1n) is 8.55. The van der Waals surface area contributed by atoms with Gasteiger partial charge in [0.25, 0.3) is 5.91 Å². The van der Waals surface area contributed by atoms with Crippen LogP contribution in [-0.2, 0) is 6.42 Å². The summed E-state index contributed by atoms with van der Waals surface area (Å²) in [5.74, 6) is 1.95. The molecule has 0 bridgehead atoms. The molecule has 1 aliphatic rings. The third-order valence-corrected chi connectivity index (χ3v) is 4.16. The first-order valence-corrected chi connectivity index (χ1v) is 8.55. The summed E-state index contributed by atoms with van der Waals surface area (Å²) in [4.78, 5) is 19.0. The van der Waals surface area contributed by atoms with E-state index in [2.05, 4.69) is 29.1 Å². The lowest BCUT2D eigenvalue weighted by molar-refractivity contribution is 0.0668. The molecule has 24 heavy (non-hydrogen) atoms. The predicted octanol–water partition coefficient (Wildman–Crippen LogP) is 3.36. The van der Waals surface area contributed by atoms with Crippen molar-refractivity contribution >= 4 is 5.91 Å². The van der Waals surface area contributed by atoms with E-state index in [4.69, 9.17) is 9.05 Å². The Morgan fingerprint density at radius 3 is 2.75 bits per heavy atom. The van der Waals surface area contributed by atoms with Gasteiger partial charge in [0.2, 0.25) is 11.7 Å². The van der Waals surface area contributed by atoms with E-state index in [1.165, 1.54) is 0 Å². The van der Waals surface area contributed by atoms with Crippen LogP contribution in [0.15, 0.2) is 15.1 Å². The molecule has 0 aliphatic carbocycles. The molecule has 0 radical (unpaired) electrons. The Labute approximate surface area is 141 Å². The van der Waals surface area contributed by atoms with Gasteiger partial charge < -0.3 is 13.9 Å². The Balaban J connectivity index is 1.76. The Bertz CT molecular complexity index is 704. The maximum absolute atomic E-state index is 12.8. The molecule has 1 saturated heterocycles. The third kappa shape index (κ3) is 3.34. The zero-order chi connectivity index (χ0) is 17.3. The Morgan fingerprint density at radius 1 is 1.29 bits per heavy atom. The molecular formula is C17H24N4O3. The van der Waals surface area contributed by atoms with Crippen molar-refractivity contribution in [1.29, 1.82) is 0 Å². The number of aromatic nitrogens is 3. The molecule has 2 aromatic rings. The first-order chi connectivity index (χ1) is 11.5. The van der Waals surface area contributed by atoms with E-state index in [0.717, 1.165) is 25.0 Å². The molecule has 1 aliphatic heterocycles. The minimum absolute atomic E-state index is 0.163. The van der Waals surface area contributed by atoms with E-state index < -0.39 is 0 Å². The Hall–Kier alpha value is -2.18. The molecule has 130 valence electrons. The molecule has 0 aromatic carbocycles. The Kier molecular flexibility index (Phi) is 4.69. The molecule has 0 spiro atoms. The normalized spacial score (nSPS) is 18.1. The molecule has 1 fully saturated rings. The monoisotopic (exact) mass is 332 g/mol. The summed E-state index contributed by atoms with van der Waals surface area (Å²) in [5.41, 5.74) is 0.809. The van der Waals surface area contributed by atoms with Crippen LogP contribution < -0.4 is 0 Å². The van der Waals surface area contributed by atoms with Gasteiger partial charge in [-0.1, -0.05) is 38.0 Å². The minimum Gasteiger partial charge on any atom is -0.351 e. The van der Waals surface area contributed by atoms with Crippen LogP contribution in [0.4, 0.5) is 0 Å². The van der Waals surface area contributed by atoms with Crippen molar-refractivity contribution in [3.63, 3.8) is 0 Å². The van der Waals surface area contributed by atoms with Crippen LogP contribution in [-0.4, -0.2) is 32.6 Å². The molecule has 3 heterocycles. The highest BCUT2D eigenvalue weighted by atomic mass is 16.5. The van der Waals surface area contributed by atoms with Crippen LogP contribution in [0.1, 0.15) is 80.5 Å². The number of rotatable bonds is 5. The lowest BCUT2D eigenvalue weighted by Crippen LogP contribution is -2.30. The average Bonchev–Trinajstić information content (AvgIpc) is 3.25. The maximum Gasteiger partial charge on any atom is 0.293 e. The van der Waals surface area contributed by atoms with Gasteiger partial charge in [0.05, 0.1) is 5.69 Å². The summed E-state index contributed by atoms with van der Waals surface area (Å²) in [6, 6.07) is 1.56. The second-order valence-corrected chi connectivity index (χ2v) is 7.08. The van der Waals surface area contributed by atoms with Crippen molar-refractivity contribution in [3.8, 4) is 0 Å². The van der Waals surface area contributed by atoms with Gasteiger partial charge in [0.15, 0.2) is 5.82 Å². The first kappa shape index (κ1) is 16.7. The standard InChI is InChI=1S/C17H24N4O3/c1-10(2)8-12-9-14(23-19-12)17(22)21-7-5-6-13(21)16-18-15(11(3)4)20-24-16/h9-11,13H,5-8H2,1-4H3/t13-/m0/s1. The summed E-state index contributed by atoms with van der Waals surface area (Å²) in [5, 5.41) is 8.00. The van der Waals surface area contributed by atoms with Gasteiger partial charge in [-0.2, -0.15) is 4.98 Å². The largest absolute Gasteiger partial charge is 0.351 e. The number of carbonyl (C=O) groups excluding carboxylic acids is 1. The second-order valence-electron chi connectivity index (χ2n) is 7.08. The molecule has 1 atom stereocenters. The van der Waals surface area contributed by atoms with Gasteiger partial charge in [-0.05, 0) is 25.2 Å². The van der Waals surface area contributed by atoms with E-state index in [9.17, 15) is 4.79 Å². The minimum atomic E-state index is -0.184. The SMILES string of the molecule is CC(C)Cc1cc(C(=O)N2CCC[C@H]2c2nc(C(C)C)no2)on1. The second kappa shape index (κ2) is 6.75. The number of carbonyl (C=O) groups is 1. The highest BCUT2D eigenvalue weighted by Crippen LogP contribution is 2.32. The maximum atomic E-state index is 12.8. The lowest BCUT2D eigenvalue weighted by Gasteiger charge is -2.20. The average molecular weight is 332 g/mol. The topological polar surface area (TPSA) is 85.3 Å². The molecule has 0 N–H and O–H groups in total. The smallest absolute Gasteiger partial charge is 0.293 e. The number of hydrogen-bond acceptors (Lipinski definition) is 6. The highest BCUT2D eigenvalue weighted by Gasteiger charge is 2.36. The zero-order valence-electron chi connectivity index (χ0n) is 14.7. The number of hydrogen-bond donors (Lipinski definition) is 0. The van der Waals surface area contributed by atoms with Gasteiger partial charge >= 0.3 is 0 Å². The predicted molar refractivity (Wildman–Crippen MR) is 86.4 cm³/mol. The van der Waals surface area contributed by atoms with E-state index in [0.29, 0.717) is 24.2 Å². The van der Waals surface area contributed by atoms with Crippen molar-refractivity contribution in [2.24, 2.45) is 5.92 Å². The summed E-state index contributed by atoms with van der Waals surface area (Å²) in [6.07, 6.45) is 2.52. The van der Waals surface area contributed by atoms with Crippen molar-refractivity contribution < 1.29 is 13.8 Å².